The van der Waals surface area contributed by atoms with E-state index in [2.05, 4.69) is 30.8 Å². The molecule has 140 valence electrons. The molecule has 7 heteroatoms. The Morgan fingerprint density at radius 2 is 2.04 bits per heavy atom. The van der Waals surface area contributed by atoms with Crippen LogP contribution in [0, 0.1) is 5.92 Å². The Morgan fingerprint density at radius 1 is 1.22 bits per heavy atom. The number of fused-ring (bicyclic) bond motifs is 1. The quantitative estimate of drug-likeness (QED) is 0.636. The van der Waals surface area contributed by atoms with E-state index in [9.17, 15) is 4.79 Å². The van der Waals surface area contributed by atoms with Crippen molar-refractivity contribution in [2.24, 2.45) is 5.92 Å². The number of pyridine rings is 1. The fourth-order valence-electron chi connectivity index (χ4n) is 3.61. The average Bonchev–Trinajstić information content (AvgIpc) is 2.71. The topological polar surface area (TPSA) is 60.2 Å². The van der Waals surface area contributed by atoms with E-state index in [1.807, 2.05) is 18.3 Å². The summed E-state index contributed by atoms with van der Waals surface area (Å²) in [5, 5.41) is 0.633. The summed E-state index contributed by atoms with van der Waals surface area (Å²) in [5.74, 6) is 2.16. The molecule has 0 amide bonds. The van der Waals surface area contributed by atoms with Crippen LogP contribution in [0.5, 0.6) is 5.75 Å². The number of hydrogen-bond donors (Lipinski definition) is 0. The summed E-state index contributed by atoms with van der Waals surface area (Å²) < 4.78 is 7.97. The third-order valence-corrected chi connectivity index (χ3v) is 5.76. The van der Waals surface area contributed by atoms with Gasteiger partial charge in [-0.3, -0.25) is 9.36 Å². The van der Waals surface area contributed by atoms with Crippen LogP contribution in [0.25, 0.3) is 10.9 Å². The first kappa shape index (κ1) is 18.0. The van der Waals surface area contributed by atoms with Crippen molar-refractivity contribution in [1.29, 1.82) is 0 Å². The molecule has 0 unspecified atom stereocenters. The molecule has 3 heterocycles. The second kappa shape index (κ2) is 7.68. The molecule has 4 rings (SSSR count). The maximum atomic E-state index is 12.8. The minimum atomic E-state index is 0.0116. The van der Waals surface area contributed by atoms with Crippen molar-refractivity contribution < 1.29 is 4.74 Å². The van der Waals surface area contributed by atoms with Crippen LogP contribution in [-0.2, 0) is 6.54 Å². The predicted molar refractivity (Wildman–Crippen MR) is 109 cm³/mol. The molecule has 1 aliphatic rings. The summed E-state index contributed by atoms with van der Waals surface area (Å²) >= 11 is 3.58. The van der Waals surface area contributed by atoms with Crippen molar-refractivity contribution >= 4 is 32.7 Å². The second-order valence-corrected chi connectivity index (χ2v) is 7.68. The molecule has 2 aromatic heterocycles. The Kier molecular flexibility index (Phi) is 5.11. The molecule has 1 fully saturated rings. The first-order valence-corrected chi connectivity index (χ1v) is 9.83. The number of halogens is 1. The van der Waals surface area contributed by atoms with E-state index in [4.69, 9.17) is 4.74 Å². The van der Waals surface area contributed by atoms with E-state index >= 15 is 0 Å². The van der Waals surface area contributed by atoms with Gasteiger partial charge < -0.3 is 9.64 Å². The van der Waals surface area contributed by atoms with Gasteiger partial charge in [0.25, 0.3) is 5.56 Å². The maximum Gasteiger partial charge on any atom is 0.261 e. The number of hydrogen-bond acceptors (Lipinski definition) is 5. The summed E-state index contributed by atoms with van der Waals surface area (Å²) in [6, 6.07) is 9.34. The molecule has 3 aromatic rings. The summed E-state index contributed by atoms with van der Waals surface area (Å²) in [5.41, 5.74) is 0.683. The van der Waals surface area contributed by atoms with E-state index < -0.39 is 0 Å². The van der Waals surface area contributed by atoms with Gasteiger partial charge in [0.2, 0.25) is 0 Å². The molecule has 0 N–H and O–H groups in total. The van der Waals surface area contributed by atoms with E-state index in [0.29, 0.717) is 29.1 Å². The van der Waals surface area contributed by atoms with Crippen molar-refractivity contribution in [3.05, 3.63) is 57.7 Å². The van der Waals surface area contributed by atoms with Gasteiger partial charge in [0.15, 0.2) is 0 Å². The lowest BCUT2D eigenvalue weighted by Crippen LogP contribution is -2.37. The summed E-state index contributed by atoms with van der Waals surface area (Å²) in [6.07, 6.45) is 5.53. The molecule has 0 spiro atoms. The van der Waals surface area contributed by atoms with Crippen molar-refractivity contribution in [2.75, 3.05) is 25.1 Å². The minimum absolute atomic E-state index is 0.0116. The minimum Gasteiger partial charge on any atom is -0.497 e. The maximum absolute atomic E-state index is 12.8. The second-order valence-electron chi connectivity index (χ2n) is 6.82. The van der Waals surface area contributed by atoms with Crippen LogP contribution in [0.15, 0.2) is 52.1 Å². The van der Waals surface area contributed by atoms with Crippen LogP contribution in [0.2, 0.25) is 0 Å². The zero-order chi connectivity index (χ0) is 18.8. The highest BCUT2D eigenvalue weighted by molar-refractivity contribution is 9.10. The van der Waals surface area contributed by atoms with Gasteiger partial charge in [0.1, 0.15) is 11.6 Å². The van der Waals surface area contributed by atoms with Gasteiger partial charge in [-0.2, -0.15) is 0 Å². The van der Waals surface area contributed by atoms with E-state index in [1.165, 1.54) is 0 Å². The Labute approximate surface area is 165 Å². The lowest BCUT2D eigenvalue weighted by atomic mass is 9.96. The number of piperidine rings is 1. The van der Waals surface area contributed by atoms with Crippen LogP contribution >= 0.6 is 15.9 Å². The lowest BCUT2D eigenvalue weighted by molar-refractivity contribution is 0.351. The number of ether oxygens (including phenoxy) is 1. The molecule has 0 bridgehead atoms. The number of methoxy groups -OCH3 is 1. The molecule has 1 aromatic carbocycles. The van der Waals surface area contributed by atoms with E-state index in [0.717, 1.165) is 36.2 Å². The largest absolute Gasteiger partial charge is 0.497 e. The summed E-state index contributed by atoms with van der Waals surface area (Å²) in [7, 11) is 1.61. The Morgan fingerprint density at radius 3 is 2.78 bits per heavy atom. The molecular weight excluding hydrogens is 408 g/mol. The molecule has 27 heavy (non-hydrogen) atoms. The highest BCUT2D eigenvalue weighted by Gasteiger charge is 2.22. The van der Waals surface area contributed by atoms with Crippen LogP contribution in [-0.4, -0.2) is 34.7 Å². The fraction of sp³-hybridized carbons (Fsp3) is 0.350. The normalized spacial score (nSPS) is 15.3. The molecule has 6 nitrogen and oxygen atoms in total. The third-order valence-electron chi connectivity index (χ3n) is 5.14. The fourth-order valence-corrected chi connectivity index (χ4v) is 4.12. The van der Waals surface area contributed by atoms with E-state index in [-0.39, 0.29) is 5.56 Å². The van der Waals surface area contributed by atoms with Crippen molar-refractivity contribution in [3.63, 3.8) is 0 Å². The van der Waals surface area contributed by atoms with Gasteiger partial charge in [0.05, 0.1) is 28.8 Å². The zero-order valence-corrected chi connectivity index (χ0v) is 16.7. The van der Waals surface area contributed by atoms with Gasteiger partial charge in [-0.1, -0.05) is 0 Å². The van der Waals surface area contributed by atoms with Gasteiger partial charge in [0, 0.05) is 31.9 Å². The standard InChI is InChI=1S/C20H21BrN4O2/c1-27-15-4-5-16-18(11-15)23-13-25(20(16)26)12-14-6-9-24(10-7-14)19-17(21)3-2-8-22-19/h2-5,8,11,13-14H,6-7,9-10,12H2,1H3. The zero-order valence-electron chi connectivity index (χ0n) is 15.1. The highest BCUT2D eigenvalue weighted by atomic mass is 79.9. The number of anilines is 1. The molecule has 0 radical (unpaired) electrons. The monoisotopic (exact) mass is 428 g/mol. The highest BCUT2D eigenvalue weighted by Crippen LogP contribution is 2.28. The van der Waals surface area contributed by atoms with Gasteiger partial charge >= 0.3 is 0 Å². The van der Waals surface area contributed by atoms with Crippen LogP contribution in [0.1, 0.15) is 12.8 Å². The number of nitrogens with zero attached hydrogens (tertiary/aromatic N) is 4. The third kappa shape index (κ3) is 3.69. The lowest BCUT2D eigenvalue weighted by Gasteiger charge is -2.33. The number of aromatic nitrogens is 3. The van der Waals surface area contributed by atoms with Gasteiger partial charge in [-0.05, 0) is 59.0 Å². The number of benzene rings is 1. The van der Waals surface area contributed by atoms with Gasteiger partial charge in [-0.25, -0.2) is 9.97 Å². The summed E-state index contributed by atoms with van der Waals surface area (Å²) in [4.78, 5) is 24.0. The van der Waals surface area contributed by atoms with E-state index in [1.54, 1.807) is 36.2 Å². The van der Waals surface area contributed by atoms with Crippen LogP contribution in [0.3, 0.4) is 0 Å². The summed E-state index contributed by atoms with van der Waals surface area (Å²) in [6.45, 7) is 2.57. The first-order valence-electron chi connectivity index (χ1n) is 9.04. The SMILES string of the molecule is COc1ccc2c(=O)n(CC3CCN(c4ncccc4Br)CC3)cnc2c1. The van der Waals surface area contributed by atoms with Crippen molar-refractivity contribution in [2.45, 2.75) is 19.4 Å². The number of rotatable bonds is 4. The average molecular weight is 429 g/mol. The van der Waals surface area contributed by atoms with Crippen LogP contribution in [0.4, 0.5) is 5.82 Å². The first-order chi connectivity index (χ1) is 13.2. The van der Waals surface area contributed by atoms with Crippen molar-refractivity contribution in [1.82, 2.24) is 14.5 Å². The Bertz CT molecular complexity index is 1010. The predicted octanol–water partition coefficient (Wildman–Crippen LogP) is 3.48. The molecule has 0 atom stereocenters. The Balaban J connectivity index is 1.47. The van der Waals surface area contributed by atoms with Crippen LogP contribution < -0.4 is 15.2 Å². The smallest absolute Gasteiger partial charge is 0.261 e. The molecule has 0 saturated carbocycles. The van der Waals surface area contributed by atoms with Crippen molar-refractivity contribution in [3.8, 4) is 5.75 Å². The Hall–Kier alpha value is -2.41. The molecule has 0 aliphatic carbocycles. The van der Waals surface area contributed by atoms with Gasteiger partial charge in [-0.15, -0.1) is 0 Å². The molecule has 1 aliphatic heterocycles. The molecular formula is C20H21BrN4O2. The molecule has 1 saturated heterocycles.